The largest absolute Gasteiger partial charge is 0.445 e. The molecule has 1 N–H and O–H groups in total. The Bertz CT molecular complexity index is 423. The summed E-state index contributed by atoms with van der Waals surface area (Å²) in [5, 5.41) is 12.6. The van der Waals surface area contributed by atoms with E-state index >= 15 is 0 Å². The second-order valence-electron chi connectivity index (χ2n) is 4.03. The van der Waals surface area contributed by atoms with Gasteiger partial charge in [-0.1, -0.05) is 30.3 Å². The van der Waals surface area contributed by atoms with Crippen LogP contribution in [0.5, 0.6) is 0 Å². The van der Waals surface area contributed by atoms with Crippen LogP contribution < -0.4 is 5.32 Å². The summed E-state index contributed by atoms with van der Waals surface area (Å²) in [7, 11) is 0. The fourth-order valence-electron chi connectivity index (χ4n) is 1.37. The van der Waals surface area contributed by atoms with Gasteiger partial charge >= 0.3 is 12.1 Å². The zero-order chi connectivity index (χ0) is 15.3. The molecule has 1 aromatic carbocycles. The Kier molecular flexibility index (Phi) is 8.58. The van der Waals surface area contributed by atoms with Crippen LogP contribution in [0, 0.1) is 0 Å². The van der Waals surface area contributed by atoms with E-state index in [0.717, 1.165) is 5.56 Å². The quantitative estimate of drug-likeness (QED) is 0.647. The highest BCUT2D eigenvalue weighted by atomic mass is 16.6. The molecule has 0 bridgehead atoms. The molecule has 21 heavy (non-hydrogen) atoms. The minimum absolute atomic E-state index is 0.159. The molecule has 0 atom stereocenters. The summed E-state index contributed by atoms with van der Waals surface area (Å²) in [4.78, 5) is 21.4. The number of alkyl carbamates (subject to hydrolysis) is 1. The third kappa shape index (κ3) is 9.42. The Morgan fingerprint density at radius 3 is 2.43 bits per heavy atom. The number of hydrogen-bond acceptors (Lipinski definition) is 5. The maximum Gasteiger partial charge on any atom is 0.407 e. The van der Waals surface area contributed by atoms with Crippen LogP contribution in [0.1, 0.15) is 5.56 Å². The van der Waals surface area contributed by atoms with Crippen molar-refractivity contribution in [3.8, 4) is 0 Å². The molecule has 0 unspecified atom stereocenters. The molecule has 1 amide bonds. The lowest BCUT2D eigenvalue weighted by Crippen LogP contribution is -2.28. The van der Waals surface area contributed by atoms with Crippen LogP contribution >= 0.6 is 0 Å². The highest BCUT2D eigenvalue weighted by Crippen LogP contribution is 2.00. The predicted molar refractivity (Wildman–Crippen MR) is 72.0 cm³/mol. The first-order valence-electron chi connectivity index (χ1n) is 6.48. The van der Waals surface area contributed by atoms with Gasteiger partial charge < -0.3 is 19.5 Å². The maximum atomic E-state index is 11.3. The number of hydrogen-bond donors (Lipinski definition) is 1. The summed E-state index contributed by atoms with van der Waals surface area (Å²) in [6.45, 7) is 0.752. The summed E-state index contributed by atoms with van der Waals surface area (Å²) < 4.78 is 14.8. The van der Waals surface area contributed by atoms with Gasteiger partial charge in [-0.05, 0) is 5.56 Å². The van der Waals surface area contributed by atoms with Crippen LogP contribution in [0.25, 0.3) is 0 Å². The summed E-state index contributed by atoms with van der Waals surface area (Å²) in [6, 6.07) is 9.35. The molecule has 1 rings (SSSR count). The van der Waals surface area contributed by atoms with Crippen LogP contribution in [0.3, 0.4) is 0 Å². The molecule has 0 aromatic heterocycles. The van der Waals surface area contributed by atoms with Gasteiger partial charge in [0.1, 0.15) is 13.2 Å². The van der Waals surface area contributed by atoms with Gasteiger partial charge in [0.2, 0.25) is 0 Å². The van der Waals surface area contributed by atoms with Crippen molar-refractivity contribution in [3.05, 3.63) is 35.9 Å². The molecule has 0 aliphatic carbocycles. The fourth-order valence-corrected chi connectivity index (χ4v) is 1.37. The zero-order valence-corrected chi connectivity index (χ0v) is 11.6. The SMILES string of the molecule is [O]C(=O)COCCOCCNC(=O)OCc1ccccc1. The van der Waals surface area contributed by atoms with E-state index in [1.165, 1.54) is 0 Å². The predicted octanol–water partition coefficient (Wildman–Crippen LogP) is 0.903. The number of rotatable bonds is 10. The lowest BCUT2D eigenvalue weighted by molar-refractivity contribution is -0.148. The molecule has 1 radical (unpaired) electrons. The highest BCUT2D eigenvalue weighted by molar-refractivity contribution is 5.67. The number of benzene rings is 1. The Labute approximate surface area is 122 Å². The molecule has 0 aliphatic rings. The van der Waals surface area contributed by atoms with Crippen LogP contribution in [0.2, 0.25) is 0 Å². The van der Waals surface area contributed by atoms with Crippen molar-refractivity contribution >= 4 is 12.1 Å². The first-order chi connectivity index (χ1) is 10.2. The second kappa shape index (κ2) is 10.6. The van der Waals surface area contributed by atoms with Crippen LogP contribution in [0.15, 0.2) is 30.3 Å². The number of amides is 1. The molecule has 7 nitrogen and oxygen atoms in total. The maximum absolute atomic E-state index is 11.3. The number of carbonyl (C=O) groups is 2. The van der Waals surface area contributed by atoms with Crippen LogP contribution in [-0.4, -0.2) is 45.0 Å². The Morgan fingerprint density at radius 1 is 1.00 bits per heavy atom. The van der Waals surface area contributed by atoms with Gasteiger partial charge in [0.15, 0.2) is 0 Å². The van der Waals surface area contributed by atoms with Crippen LogP contribution in [-0.2, 0) is 30.7 Å². The van der Waals surface area contributed by atoms with Crippen molar-refractivity contribution < 1.29 is 28.9 Å². The van der Waals surface area contributed by atoms with E-state index < -0.39 is 18.7 Å². The molecule has 7 heteroatoms. The normalized spacial score (nSPS) is 10.1. The van der Waals surface area contributed by atoms with Crippen LogP contribution in [0.4, 0.5) is 4.79 Å². The number of carbonyl (C=O) groups excluding carboxylic acids is 2. The molecule has 0 spiro atoms. The summed E-state index contributed by atoms with van der Waals surface area (Å²) in [5.41, 5.74) is 0.911. The summed E-state index contributed by atoms with van der Waals surface area (Å²) in [6.07, 6.45) is -0.518. The van der Waals surface area contributed by atoms with Gasteiger partial charge in [-0.3, -0.25) is 0 Å². The summed E-state index contributed by atoms with van der Waals surface area (Å²) >= 11 is 0. The van der Waals surface area contributed by atoms with Gasteiger partial charge in [-0.2, -0.15) is 0 Å². The average molecular weight is 296 g/mol. The average Bonchev–Trinajstić information content (AvgIpc) is 2.48. The minimum Gasteiger partial charge on any atom is -0.445 e. The van der Waals surface area contributed by atoms with Gasteiger partial charge in [0, 0.05) is 6.54 Å². The monoisotopic (exact) mass is 296 g/mol. The minimum atomic E-state index is -1.27. The molecule has 0 saturated heterocycles. The highest BCUT2D eigenvalue weighted by Gasteiger charge is 2.02. The Morgan fingerprint density at radius 2 is 1.71 bits per heavy atom. The topological polar surface area (TPSA) is 93.8 Å². The molecule has 115 valence electrons. The third-order valence-corrected chi connectivity index (χ3v) is 2.32. The second-order valence-corrected chi connectivity index (χ2v) is 4.03. The van der Waals surface area contributed by atoms with E-state index in [2.05, 4.69) is 5.32 Å². The standard InChI is InChI=1S/C14H18NO6/c16-13(17)11-20-9-8-19-7-6-15-14(18)21-10-12-4-2-1-3-5-12/h1-5H,6-11H2,(H,15,18). The summed E-state index contributed by atoms with van der Waals surface area (Å²) in [5.74, 6) is -1.27. The van der Waals surface area contributed by atoms with Gasteiger partial charge in [-0.15, -0.1) is 0 Å². The smallest absolute Gasteiger partial charge is 0.407 e. The van der Waals surface area contributed by atoms with Crippen molar-refractivity contribution in [1.82, 2.24) is 5.32 Å². The molecule has 0 aliphatic heterocycles. The number of nitrogens with one attached hydrogen (secondary N) is 1. The van der Waals surface area contributed by atoms with E-state index in [9.17, 15) is 14.7 Å². The number of ether oxygens (including phenoxy) is 3. The van der Waals surface area contributed by atoms with E-state index in [-0.39, 0.29) is 26.4 Å². The van der Waals surface area contributed by atoms with Crippen molar-refractivity contribution in [1.29, 1.82) is 0 Å². The van der Waals surface area contributed by atoms with Crippen molar-refractivity contribution in [2.24, 2.45) is 0 Å². The van der Waals surface area contributed by atoms with Gasteiger partial charge in [-0.25, -0.2) is 14.7 Å². The molecule has 0 fully saturated rings. The molecule has 0 saturated carbocycles. The first-order valence-corrected chi connectivity index (χ1v) is 6.48. The van der Waals surface area contributed by atoms with E-state index in [1.54, 1.807) is 0 Å². The van der Waals surface area contributed by atoms with Crippen molar-refractivity contribution in [3.63, 3.8) is 0 Å². The Balaban J connectivity index is 1.93. The van der Waals surface area contributed by atoms with Gasteiger partial charge in [0.25, 0.3) is 0 Å². The van der Waals surface area contributed by atoms with E-state index in [4.69, 9.17) is 14.2 Å². The molecular weight excluding hydrogens is 278 g/mol. The Hall–Kier alpha value is -2.12. The molecule has 1 aromatic rings. The lowest BCUT2D eigenvalue weighted by Gasteiger charge is -2.07. The van der Waals surface area contributed by atoms with E-state index in [1.807, 2.05) is 30.3 Å². The third-order valence-electron chi connectivity index (χ3n) is 2.32. The zero-order valence-electron chi connectivity index (χ0n) is 11.6. The molecule has 0 heterocycles. The fraction of sp³-hybridized carbons (Fsp3) is 0.429. The van der Waals surface area contributed by atoms with E-state index in [0.29, 0.717) is 6.54 Å². The van der Waals surface area contributed by atoms with Crippen molar-refractivity contribution in [2.75, 3.05) is 33.0 Å². The van der Waals surface area contributed by atoms with Crippen molar-refractivity contribution in [2.45, 2.75) is 6.61 Å². The molecular formula is C14H18NO6. The first kappa shape index (κ1) is 16.9. The van der Waals surface area contributed by atoms with Gasteiger partial charge in [0.05, 0.1) is 19.8 Å². The lowest BCUT2D eigenvalue weighted by atomic mass is 10.2.